The molecule has 1 amide bonds. The lowest BCUT2D eigenvalue weighted by Gasteiger charge is -2.28. The number of likely N-dealkylation sites (N-methyl/N-ethyl adjacent to an activating group) is 1. The van der Waals surface area contributed by atoms with Gasteiger partial charge in [0.1, 0.15) is 11.6 Å². The minimum atomic E-state index is -3.10. The number of nitrogens with one attached hydrogen (secondary N) is 1. The average molecular weight is 426 g/mol. The van der Waals surface area contributed by atoms with Crippen LogP contribution in [0.4, 0.5) is 11.4 Å². The first-order valence-electron chi connectivity index (χ1n) is 8.70. The fraction of sp³-hybridized carbons (Fsp3) is 0.444. The SMILES string of the molecule is CN(C)CCN(/C=C(/C#N)C(=O)Nc1ccc(N)cc1Cl)C1CCS(=O)(=O)C1. The highest BCUT2D eigenvalue weighted by Crippen LogP contribution is 2.25. The summed E-state index contributed by atoms with van der Waals surface area (Å²) in [5, 5.41) is 12.3. The molecule has 1 heterocycles. The predicted octanol–water partition coefficient (Wildman–Crippen LogP) is 1.32. The van der Waals surface area contributed by atoms with E-state index in [0.717, 1.165) is 0 Å². The molecule has 1 fully saturated rings. The smallest absolute Gasteiger partial charge is 0.267 e. The molecule has 8 nitrogen and oxygen atoms in total. The summed E-state index contributed by atoms with van der Waals surface area (Å²) in [7, 11) is 0.697. The minimum Gasteiger partial charge on any atom is -0.399 e. The van der Waals surface area contributed by atoms with Crippen molar-refractivity contribution >= 4 is 38.7 Å². The Morgan fingerprint density at radius 3 is 2.68 bits per heavy atom. The number of carbonyl (C=O) groups excluding carboxylic acids is 1. The topological polar surface area (TPSA) is 120 Å². The van der Waals surface area contributed by atoms with Gasteiger partial charge in [-0.1, -0.05) is 11.6 Å². The molecule has 1 aromatic carbocycles. The van der Waals surface area contributed by atoms with E-state index >= 15 is 0 Å². The molecule has 3 N–H and O–H groups in total. The second-order valence-corrected chi connectivity index (χ2v) is 9.58. The van der Waals surface area contributed by atoms with E-state index in [9.17, 15) is 18.5 Å². The van der Waals surface area contributed by atoms with Crippen LogP contribution in [0.1, 0.15) is 6.42 Å². The Balaban J connectivity index is 2.22. The molecule has 0 radical (unpaired) electrons. The van der Waals surface area contributed by atoms with Crippen molar-refractivity contribution in [2.24, 2.45) is 0 Å². The largest absolute Gasteiger partial charge is 0.399 e. The third kappa shape index (κ3) is 6.12. The van der Waals surface area contributed by atoms with E-state index in [1.54, 1.807) is 17.0 Å². The van der Waals surface area contributed by atoms with Crippen LogP contribution < -0.4 is 11.1 Å². The lowest BCUT2D eigenvalue weighted by atomic mass is 10.2. The van der Waals surface area contributed by atoms with Crippen LogP contribution >= 0.6 is 11.6 Å². The van der Waals surface area contributed by atoms with Crippen LogP contribution in [0.25, 0.3) is 0 Å². The molecular weight excluding hydrogens is 402 g/mol. The van der Waals surface area contributed by atoms with Crippen LogP contribution in [0.5, 0.6) is 0 Å². The molecule has 0 aromatic heterocycles. The zero-order valence-electron chi connectivity index (χ0n) is 15.9. The third-order valence-corrected chi connectivity index (χ3v) is 6.45. The molecule has 1 unspecified atom stereocenters. The molecule has 0 spiro atoms. The van der Waals surface area contributed by atoms with Crippen molar-refractivity contribution in [2.75, 3.05) is 49.7 Å². The molecule has 1 aliphatic heterocycles. The Bertz CT molecular complexity index is 908. The first-order chi connectivity index (χ1) is 13.1. The van der Waals surface area contributed by atoms with Crippen molar-refractivity contribution in [1.29, 1.82) is 5.26 Å². The van der Waals surface area contributed by atoms with E-state index < -0.39 is 15.7 Å². The summed E-state index contributed by atoms with van der Waals surface area (Å²) in [5.41, 5.74) is 6.30. The molecule has 28 heavy (non-hydrogen) atoms. The van der Waals surface area contributed by atoms with Gasteiger partial charge in [-0.25, -0.2) is 8.42 Å². The molecule has 1 aromatic rings. The number of hydrogen-bond acceptors (Lipinski definition) is 7. The van der Waals surface area contributed by atoms with Gasteiger partial charge in [0.25, 0.3) is 5.91 Å². The number of benzene rings is 1. The zero-order valence-corrected chi connectivity index (χ0v) is 17.4. The lowest BCUT2D eigenvalue weighted by molar-refractivity contribution is -0.112. The molecular formula is C18H24ClN5O3S. The molecule has 0 saturated carbocycles. The maximum Gasteiger partial charge on any atom is 0.267 e. The number of hydrogen-bond donors (Lipinski definition) is 2. The van der Waals surface area contributed by atoms with Crippen LogP contribution in [-0.4, -0.2) is 68.9 Å². The molecule has 1 saturated heterocycles. The summed E-state index contributed by atoms with van der Waals surface area (Å²) in [4.78, 5) is 16.3. The molecule has 10 heteroatoms. The van der Waals surface area contributed by atoms with Crippen LogP contribution in [0, 0.1) is 11.3 Å². The Morgan fingerprint density at radius 1 is 1.43 bits per heavy atom. The molecule has 152 valence electrons. The van der Waals surface area contributed by atoms with Crippen LogP contribution in [0.15, 0.2) is 30.0 Å². The third-order valence-electron chi connectivity index (χ3n) is 4.38. The summed E-state index contributed by atoms with van der Waals surface area (Å²) in [5.74, 6) is -0.495. The quantitative estimate of drug-likeness (QED) is 0.384. The second-order valence-electron chi connectivity index (χ2n) is 6.95. The number of halogens is 1. The van der Waals surface area contributed by atoms with E-state index in [1.807, 2.05) is 25.1 Å². The zero-order chi connectivity index (χ0) is 20.9. The van der Waals surface area contributed by atoms with E-state index in [0.29, 0.717) is 30.9 Å². The van der Waals surface area contributed by atoms with Gasteiger partial charge in [0.2, 0.25) is 0 Å². The highest BCUT2D eigenvalue weighted by molar-refractivity contribution is 7.91. The van der Waals surface area contributed by atoms with Gasteiger partial charge in [0, 0.05) is 31.0 Å². The van der Waals surface area contributed by atoms with E-state index in [1.165, 1.54) is 12.3 Å². The molecule has 1 aliphatic rings. The summed E-state index contributed by atoms with van der Waals surface area (Å²) in [6.45, 7) is 1.14. The maximum atomic E-state index is 12.5. The molecule has 1 atom stereocenters. The van der Waals surface area contributed by atoms with Crippen LogP contribution in [0.2, 0.25) is 5.02 Å². The first-order valence-corrected chi connectivity index (χ1v) is 10.9. The number of rotatable bonds is 7. The number of carbonyl (C=O) groups is 1. The van der Waals surface area contributed by atoms with Crippen molar-refractivity contribution in [3.05, 3.63) is 35.0 Å². The van der Waals surface area contributed by atoms with Gasteiger partial charge in [-0.2, -0.15) is 5.26 Å². The van der Waals surface area contributed by atoms with Gasteiger partial charge in [0.05, 0.1) is 22.2 Å². The van der Waals surface area contributed by atoms with Crippen molar-refractivity contribution in [3.8, 4) is 6.07 Å². The number of amides is 1. The average Bonchev–Trinajstić information content (AvgIpc) is 2.97. The summed E-state index contributed by atoms with van der Waals surface area (Å²) in [6.07, 6.45) is 1.91. The predicted molar refractivity (Wildman–Crippen MR) is 111 cm³/mol. The number of anilines is 2. The highest BCUT2D eigenvalue weighted by atomic mass is 35.5. The van der Waals surface area contributed by atoms with Gasteiger partial charge in [-0.3, -0.25) is 4.79 Å². The first kappa shape index (κ1) is 22.0. The fourth-order valence-electron chi connectivity index (χ4n) is 2.83. The fourth-order valence-corrected chi connectivity index (χ4v) is 4.81. The second kappa shape index (κ2) is 9.28. The summed E-state index contributed by atoms with van der Waals surface area (Å²) >= 11 is 6.07. The van der Waals surface area contributed by atoms with E-state index in [4.69, 9.17) is 17.3 Å². The van der Waals surface area contributed by atoms with Crippen molar-refractivity contribution in [2.45, 2.75) is 12.5 Å². The van der Waals surface area contributed by atoms with Gasteiger partial charge >= 0.3 is 0 Å². The van der Waals surface area contributed by atoms with Gasteiger partial charge < -0.3 is 20.9 Å². The lowest BCUT2D eigenvalue weighted by Crippen LogP contribution is -2.37. The number of nitrogens with two attached hydrogens (primary N) is 1. The number of nitriles is 1. The Kier molecular flexibility index (Phi) is 7.29. The summed E-state index contributed by atoms with van der Waals surface area (Å²) < 4.78 is 23.7. The van der Waals surface area contributed by atoms with Gasteiger partial charge in [0.15, 0.2) is 9.84 Å². The maximum absolute atomic E-state index is 12.5. The van der Waals surface area contributed by atoms with E-state index in [2.05, 4.69) is 5.32 Å². The highest BCUT2D eigenvalue weighted by Gasteiger charge is 2.31. The molecule has 2 rings (SSSR count). The number of nitrogens with zero attached hydrogens (tertiary/aromatic N) is 3. The summed E-state index contributed by atoms with van der Waals surface area (Å²) in [6, 6.07) is 6.27. The molecule has 0 aliphatic carbocycles. The van der Waals surface area contributed by atoms with Crippen LogP contribution in [-0.2, 0) is 14.6 Å². The Labute approximate surface area is 170 Å². The number of sulfone groups is 1. The standard InChI is InChI=1S/C18H24ClN5O3S/c1-23(2)6-7-24(15-5-8-28(26,27)12-15)11-13(10-20)18(25)22-17-4-3-14(21)9-16(17)19/h3-4,9,11,15H,5-8,12,21H2,1-2H3,(H,22,25)/b13-11-. The van der Waals surface area contributed by atoms with Crippen molar-refractivity contribution in [1.82, 2.24) is 9.80 Å². The minimum absolute atomic E-state index is 0.0149. The normalized spacial score (nSPS) is 18.7. The van der Waals surface area contributed by atoms with E-state index in [-0.39, 0.29) is 28.1 Å². The monoisotopic (exact) mass is 425 g/mol. The van der Waals surface area contributed by atoms with Crippen molar-refractivity contribution < 1.29 is 13.2 Å². The van der Waals surface area contributed by atoms with Gasteiger partial charge in [-0.05, 0) is 38.7 Å². The van der Waals surface area contributed by atoms with Crippen molar-refractivity contribution in [3.63, 3.8) is 0 Å². The van der Waals surface area contributed by atoms with Gasteiger partial charge in [-0.15, -0.1) is 0 Å². The number of nitrogen functional groups attached to an aromatic ring is 1. The Morgan fingerprint density at radius 2 is 2.14 bits per heavy atom. The molecule has 0 bridgehead atoms. The Hall–Kier alpha value is -2.28. The van der Waals surface area contributed by atoms with Crippen LogP contribution in [0.3, 0.4) is 0 Å².